The lowest BCUT2D eigenvalue weighted by Crippen LogP contribution is -2.32. The fraction of sp³-hybridized carbons (Fsp3) is 0.381. The topological polar surface area (TPSA) is 59.6 Å². The minimum atomic E-state index is -0.450. The summed E-state index contributed by atoms with van der Waals surface area (Å²) < 4.78 is 12.5. The predicted molar refractivity (Wildman–Crippen MR) is 112 cm³/mol. The van der Waals surface area contributed by atoms with E-state index in [1.165, 1.54) is 0 Å². The third kappa shape index (κ3) is 4.56. The van der Waals surface area contributed by atoms with E-state index in [1.807, 2.05) is 58.0 Å². The second-order valence-electron chi connectivity index (χ2n) is 6.86. The first-order chi connectivity index (χ1) is 12.9. The molecule has 1 aliphatic rings. The Morgan fingerprint density at radius 1 is 1.33 bits per heavy atom. The van der Waals surface area contributed by atoms with Crippen LogP contribution in [0.1, 0.15) is 31.9 Å². The number of carbonyl (C=O) groups is 1. The fourth-order valence-electron chi connectivity index (χ4n) is 3.09. The maximum Gasteiger partial charge on any atom is 0.246 e. The molecule has 2 aromatic carbocycles. The number of fused-ring (bicyclic) bond motifs is 1. The van der Waals surface area contributed by atoms with Crippen molar-refractivity contribution in [1.82, 2.24) is 0 Å². The van der Waals surface area contributed by atoms with Crippen molar-refractivity contribution in [2.75, 3.05) is 17.2 Å². The highest BCUT2D eigenvalue weighted by molar-refractivity contribution is 9.10. The van der Waals surface area contributed by atoms with Gasteiger partial charge in [-0.05, 0) is 67.4 Å². The van der Waals surface area contributed by atoms with Crippen molar-refractivity contribution in [3.63, 3.8) is 0 Å². The Bertz CT molecular complexity index is 854. The highest BCUT2D eigenvalue weighted by atomic mass is 79.9. The molecule has 0 saturated carbocycles. The van der Waals surface area contributed by atoms with Crippen LogP contribution >= 0.6 is 15.9 Å². The smallest absolute Gasteiger partial charge is 0.246 e. The third-order valence-corrected chi connectivity index (χ3v) is 5.10. The van der Waals surface area contributed by atoms with Gasteiger partial charge in [-0.3, -0.25) is 4.79 Å². The highest BCUT2D eigenvalue weighted by Gasteiger charge is 2.23. The maximum atomic E-state index is 12.6. The molecule has 27 heavy (non-hydrogen) atoms. The van der Waals surface area contributed by atoms with E-state index in [-0.39, 0.29) is 12.0 Å². The molecule has 0 aliphatic carbocycles. The zero-order valence-electron chi connectivity index (χ0n) is 16.1. The lowest BCUT2D eigenvalue weighted by molar-refractivity contribution is -0.116. The molecule has 0 saturated heterocycles. The van der Waals surface area contributed by atoms with E-state index in [0.29, 0.717) is 6.61 Å². The third-order valence-electron chi connectivity index (χ3n) is 4.45. The molecule has 1 heterocycles. The van der Waals surface area contributed by atoms with Crippen LogP contribution in [-0.4, -0.2) is 24.7 Å². The van der Waals surface area contributed by atoms with Crippen molar-refractivity contribution in [3.8, 4) is 11.5 Å². The Hall–Kier alpha value is -2.21. The highest BCUT2D eigenvalue weighted by Crippen LogP contribution is 2.38. The van der Waals surface area contributed by atoms with Gasteiger partial charge in [-0.25, -0.2) is 0 Å². The van der Waals surface area contributed by atoms with Crippen LogP contribution in [-0.2, 0) is 11.2 Å². The maximum absolute atomic E-state index is 12.6. The van der Waals surface area contributed by atoms with Crippen LogP contribution in [0.4, 0.5) is 11.4 Å². The largest absolute Gasteiger partial charge is 0.492 e. The molecule has 3 rings (SSSR count). The van der Waals surface area contributed by atoms with Crippen molar-refractivity contribution in [3.05, 3.63) is 45.9 Å². The summed E-state index contributed by atoms with van der Waals surface area (Å²) in [6, 6.07) is 9.31. The number of ether oxygens (including phenoxy) is 2. The molecular weight excluding hydrogens is 408 g/mol. The number of benzene rings is 2. The first-order valence-corrected chi connectivity index (χ1v) is 9.96. The van der Waals surface area contributed by atoms with E-state index in [4.69, 9.17) is 9.47 Å². The normalized spacial score (nSPS) is 16.3. The van der Waals surface area contributed by atoms with Crippen LogP contribution < -0.4 is 20.1 Å². The van der Waals surface area contributed by atoms with Gasteiger partial charge in [0.2, 0.25) is 5.91 Å². The Morgan fingerprint density at radius 2 is 2.11 bits per heavy atom. The van der Waals surface area contributed by atoms with Gasteiger partial charge in [0, 0.05) is 22.5 Å². The number of aryl methyl sites for hydroxylation is 1. The van der Waals surface area contributed by atoms with Crippen LogP contribution in [0.2, 0.25) is 0 Å². The van der Waals surface area contributed by atoms with E-state index in [9.17, 15) is 4.79 Å². The molecule has 0 fully saturated rings. The van der Waals surface area contributed by atoms with Gasteiger partial charge in [-0.2, -0.15) is 0 Å². The standard InChI is InChI=1S/C21H25BrN2O3/c1-5-26-20-10-15-9-13(3)27-19(15)11-18(20)23-14(4)21(25)24-17-7-6-12(2)8-16(17)22/h6-8,10-11,13-14,23H,5,9H2,1-4H3,(H,24,25)/t13-,14-/m0/s1. The van der Waals surface area contributed by atoms with Gasteiger partial charge < -0.3 is 20.1 Å². The van der Waals surface area contributed by atoms with Gasteiger partial charge in [0.15, 0.2) is 0 Å². The predicted octanol–water partition coefficient (Wildman–Crippen LogP) is 4.92. The molecule has 1 aliphatic heterocycles. The van der Waals surface area contributed by atoms with Gasteiger partial charge in [0.1, 0.15) is 23.6 Å². The summed E-state index contributed by atoms with van der Waals surface area (Å²) in [5.41, 5.74) is 3.77. The summed E-state index contributed by atoms with van der Waals surface area (Å²) in [4.78, 5) is 12.6. The number of nitrogens with one attached hydrogen (secondary N) is 2. The zero-order valence-corrected chi connectivity index (χ0v) is 17.6. The molecule has 0 bridgehead atoms. The van der Waals surface area contributed by atoms with Gasteiger partial charge in [0.05, 0.1) is 18.0 Å². The molecule has 2 N–H and O–H groups in total. The summed E-state index contributed by atoms with van der Waals surface area (Å²) in [5, 5.41) is 6.21. The minimum Gasteiger partial charge on any atom is -0.492 e. The summed E-state index contributed by atoms with van der Waals surface area (Å²) in [5.74, 6) is 1.46. The first-order valence-electron chi connectivity index (χ1n) is 9.17. The average Bonchev–Trinajstić information content (AvgIpc) is 2.96. The van der Waals surface area contributed by atoms with Crippen molar-refractivity contribution < 1.29 is 14.3 Å². The molecule has 2 atom stereocenters. The lowest BCUT2D eigenvalue weighted by atomic mass is 10.1. The quantitative estimate of drug-likeness (QED) is 0.679. The van der Waals surface area contributed by atoms with Gasteiger partial charge >= 0.3 is 0 Å². The van der Waals surface area contributed by atoms with E-state index in [2.05, 4.69) is 26.6 Å². The number of amides is 1. The molecule has 5 nitrogen and oxygen atoms in total. The van der Waals surface area contributed by atoms with Crippen molar-refractivity contribution in [2.24, 2.45) is 0 Å². The zero-order chi connectivity index (χ0) is 19.6. The summed E-state index contributed by atoms with van der Waals surface area (Å²) in [6.07, 6.45) is 1.03. The van der Waals surface area contributed by atoms with Crippen LogP contribution in [0.25, 0.3) is 0 Å². The van der Waals surface area contributed by atoms with Crippen LogP contribution in [0.3, 0.4) is 0 Å². The molecule has 0 unspecified atom stereocenters. The summed E-state index contributed by atoms with van der Waals surface area (Å²) in [7, 11) is 0. The van der Waals surface area contributed by atoms with E-state index in [1.54, 1.807) is 0 Å². The first kappa shape index (κ1) is 19.5. The average molecular weight is 433 g/mol. The second kappa shape index (κ2) is 8.21. The van der Waals surface area contributed by atoms with Crippen molar-refractivity contribution in [2.45, 2.75) is 46.3 Å². The van der Waals surface area contributed by atoms with E-state index >= 15 is 0 Å². The molecule has 0 radical (unpaired) electrons. The molecule has 0 aromatic heterocycles. The summed E-state index contributed by atoms with van der Waals surface area (Å²) >= 11 is 3.49. The summed E-state index contributed by atoms with van der Waals surface area (Å²) in [6.45, 7) is 8.38. The lowest BCUT2D eigenvalue weighted by Gasteiger charge is -2.19. The van der Waals surface area contributed by atoms with Gasteiger partial charge in [-0.1, -0.05) is 6.07 Å². The minimum absolute atomic E-state index is 0.128. The number of anilines is 2. The Kier molecular flexibility index (Phi) is 5.95. The fourth-order valence-corrected chi connectivity index (χ4v) is 3.68. The molecule has 6 heteroatoms. The molecule has 144 valence electrons. The Morgan fingerprint density at radius 3 is 2.81 bits per heavy atom. The van der Waals surface area contributed by atoms with Crippen LogP contribution in [0.15, 0.2) is 34.8 Å². The van der Waals surface area contributed by atoms with E-state index < -0.39 is 6.04 Å². The van der Waals surface area contributed by atoms with Gasteiger partial charge in [-0.15, -0.1) is 0 Å². The van der Waals surface area contributed by atoms with E-state index in [0.717, 1.165) is 44.9 Å². The van der Waals surface area contributed by atoms with Crippen molar-refractivity contribution >= 4 is 33.2 Å². The molecule has 0 spiro atoms. The Labute approximate surface area is 168 Å². The van der Waals surface area contributed by atoms with Crippen LogP contribution in [0.5, 0.6) is 11.5 Å². The molecule has 1 amide bonds. The van der Waals surface area contributed by atoms with Crippen molar-refractivity contribution in [1.29, 1.82) is 0 Å². The number of carbonyl (C=O) groups excluding carboxylic acids is 1. The SMILES string of the molecule is CCOc1cc2c(cc1N[C@@H](C)C(=O)Nc1ccc(C)cc1Br)O[C@@H](C)C2. The Balaban J connectivity index is 1.75. The second-order valence-corrected chi connectivity index (χ2v) is 7.71. The molecule has 2 aromatic rings. The number of hydrogen-bond donors (Lipinski definition) is 2. The number of hydrogen-bond acceptors (Lipinski definition) is 4. The monoisotopic (exact) mass is 432 g/mol. The molecular formula is C21H25BrN2O3. The number of rotatable bonds is 6. The number of halogens is 1. The van der Waals surface area contributed by atoms with Crippen LogP contribution in [0, 0.1) is 6.92 Å². The van der Waals surface area contributed by atoms with Gasteiger partial charge in [0.25, 0.3) is 0 Å².